The van der Waals surface area contributed by atoms with E-state index in [2.05, 4.69) is 20.5 Å². The summed E-state index contributed by atoms with van der Waals surface area (Å²) in [6, 6.07) is 8.43. The summed E-state index contributed by atoms with van der Waals surface area (Å²) in [6.45, 7) is 4.56. The third-order valence-corrected chi connectivity index (χ3v) is 5.47. The third kappa shape index (κ3) is 6.82. The highest BCUT2D eigenvalue weighted by Crippen LogP contribution is 2.22. The Morgan fingerprint density at radius 2 is 2.17 bits per heavy atom. The molecule has 7 nitrogen and oxygen atoms in total. The number of halogens is 1. The highest BCUT2D eigenvalue weighted by atomic mass is 127. The molecule has 162 valence electrons. The average molecular weight is 515 g/mol. The van der Waals surface area contributed by atoms with Crippen molar-refractivity contribution >= 4 is 35.8 Å². The van der Waals surface area contributed by atoms with Crippen molar-refractivity contribution in [2.24, 2.45) is 4.99 Å². The zero-order valence-electron chi connectivity index (χ0n) is 17.7. The van der Waals surface area contributed by atoms with Gasteiger partial charge in [0.25, 0.3) is 5.91 Å². The van der Waals surface area contributed by atoms with E-state index in [1.54, 1.807) is 26.0 Å². The number of morpholine rings is 1. The monoisotopic (exact) mass is 515 g/mol. The lowest BCUT2D eigenvalue weighted by molar-refractivity contribution is -0.0453. The van der Waals surface area contributed by atoms with Gasteiger partial charge in [-0.2, -0.15) is 0 Å². The number of carbonyl (C=O) groups is 1. The van der Waals surface area contributed by atoms with Crippen LogP contribution in [0.3, 0.4) is 0 Å². The summed E-state index contributed by atoms with van der Waals surface area (Å²) >= 11 is 0. The molecule has 0 spiro atoms. The van der Waals surface area contributed by atoms with Crippen molar-refractivity contribution in [2.75, 3.05) is 53.9 Å². The van der Waals surface area contributed by atoms with Crippen LogP contribution in [0.5, 0.6) is 0 Å². The van der Waals surface area contributed by atoms with Crippen LogP contribution in [-0.4, -0.2) is 87.7 Å². The maximum atomic E-state index is 12.1. The second-order valence-electron chi connectivity index (χ2n) is 7.78. The van der Waals surface area contributed by atoms with Gasteiger partial charge in [0.05, 0.1) is 12.7 Å². The maximum absolute atomic E-state index is 12.1. The summed E-state index contributed by atoms with van der Waals surface area (Å²) in [5, 5.41) is 6.73. The lowest BCUT2D eigenvalue weighted by Gasteiger charge is -2.35. The lowest BCUT2D eigenvalue weighted by Crippen LogP contribution is -2.51. The van der Waals surface area contributed by atoms with E-state index < -0.39 is 0 Å². The van der Waals surface area contributed by atoms with Crippen molar-refractivity contribution in [3.8, 4) is 0 Å². The molecule has 2 fully saturated rings. The predicted octanol–water partition coefficient (Wildman–Crippen LogP) is 1.58. The van der Waals surface area contributed by atoms with E-state index in [9.17, 15) is 4.79 Å². The Balaban J connectivity index is 0.00000300. The van der Waals surface area contributed by atoms with E-state index in [0.29, 0.717) is 6.04 Å². The number of rotatable bonds is 6. The van der Waals surface area contributed by atoms with Crippen molar-refractivity contribution in [2.45, 2.75) is 31.4 Å². The average Bonchev–Trinajstić information content (AvgIpc) is 3.18. The molecule has 2 aliphatic rings. The molecule has 1 aromatic rings. The normalized spacial score (nSPS) is 21.8. The van der Waals surface area contributed by atoms with Crippen LogP contribution >= 0.6 is 24.0 Å². The fraction of sp³-hybridized carbons (Fsp3) is 0.619. The number of hydrogen-bond acceptors (Lipinski definition) is 4. The van der Waals surface area contributed by atoms with Gasteiger partial charge >= 0.3 is 0 Å². The molecular weight excluding hydrogens is 481 g/mol. The highest BCUT2D eigenvalue weighted by molar-refractivity contribution is 14.0. The summed E-state index contributed by atoms with van der Waals surface area (Å²) in [5.74, 6) is 0.813. The molecule has 2 aliphatic heterocycles. The molecule has 1 aromatic carbocycles. The van der Waals surface area contributed by atoms with Crippen LogP contribution in [-0.2, 0) is 11.2 Å². The fourth-order valence-electron chi connectivity index (χ4n) is 3.88. The number of fused-ring (bicyclic) bond motifs is 1. The lowest BCUT2D eigenvalue weighted by atomic mass is 10.1. The number of guanidine groups is 1. The fourth-order valence-corrected chi connectivity index (χ4v) is 3.88. The molecular formula is C21H34IN5O2. The Kier molecular flexibility index (Phi) is 9.64. The summed E-state index contributed by atoms with van der Waals surface area (Å²) in [4.78, 5) is 20.5. The molecule has 0 radical (unpaired) electrons. The summed E-state index contributed by atoms with van der Waals surface area (Å²) < 4.78 is 5.99. The van der Waals surface area contributed by atoms with Crippen LogP contribution in [0.2, 0.25) is 0 Å². The molecule has 8 heteroatoms. The Hall–Kier alpha value is -1.39. The number of nitrogens with zero attached hydrogens (tertiary/aromatic N) is 3. The van der Waals surface area contributed by atoms with Crippen molar-refractivity contribution in [1.29, 1.82) is 0 Å². The van der Waals surface area contributed by atoms with Crippen molar-refractivity contribution < 1.29 is 9.53 Å². The first-order valence-electron chi connectivity index (χ1n) is 10.2. The van der Waals surface area contributed by atoms with Gasteiger partial charge in [0.2, 0.25) is 0 Å². The van der Waals surface area contributed by atoms with Gasteiger partial charge in [0, 0.05) is 52.4 Å². The highest BCUT2D eigenvalue weighted by Gasteiger charge is 2.32. The van der Waals surface area contributed by atoms with Crippen molar-refractivity contribution in [3.63, 3.8) is 0 Å². The van der Waals surface area contributed by atoms with Crippen LogP contribution in [0.4, 0.5) is 0 Å². The molecule has 1 amide bonds. The van der Waals surface area contributed by atoms with Gasteiger partial charge in [0.1, 0.15) is 0 Å². The van der Waals surface area contributed by atoms with E-state index in [-0.39, 0.29) is 36.0 Å². The second kappa shape index (κ2) is 11.7. The largest absolute Gasteiger partial charge is 0.373 e. The van der Waals surface area contributed by atoms with Crippen LogP contribution in [0.25, 0.3) is 0 Å². The van der Waals surface area contributed by atoms with Crippen LogP contribution in [0.15, 0.2) is 29.3 Å². The number of ether oxygens (including phenoxy) is 1. The Labute approximate surface area is 191 Å². The molecule has 3 rings (SSSR count). The quantitative estimate of drug-likeness (QED) is 0.342. The zero-order chi connectivity index (χ0) is 19.9. The molecule has 0 saturated carbocycles. The van der Waals surface area contributed by atoms with Gasteiger partial charge in [-0.25, -0.2) is 0 Å². The SMILES string of the molecule is CN=C(NCCc1cccc(C(=O)N(C)C)c1)NCC1CN2CCCC2CO1.I. The molecule has 2 unspecified atom stereocenters. The zero-order valence-corrected chi connectivity index (χ0v) is 20.0. The number of benzene rings is 1. The minimum atomic E-state index is 0. The number of hydrogen-bond donors (Lipinski definition) is 2. The van der Waals surface area contributed by atoms with Crippen LogP contribution in [0, 0.1) is 0 Å². The van der Waals surface area contributed by atoms with E-state index >= 15 is 0 Å². The third-order valence-electron chi connectivity index (χ3n) is 5.47. The number of aliphatic imine (C=N–C) groups is 1. The van der Waals surface area contributed by atoms with Gasteiger partial charge < -0.3 is 20.3 Å². The predicted molar refractivity (Wildman–Crippen MR) is 127 cm³/mol. The summed E-state index contributed by atoms with van der Waals surface area (Å²) in [5.41, 5.74) is 1.85. The molecule has 0 bridgehead atoms. The molecule has 2 heterocycles. The molecule has 0 aromatic heterocycles. The first kappa shape index (κ1) is 23.9. The topological polar surface area (TPSA) is 69.2 Å². The number of nitrogens with one attached hydrogen (secondary N) is 2. The van der Waals surface area contributed by atoms with Gasteiger partial charge in [0.15, 0.2) is 5.96 Å². The van der Waals surface area contributed by atoms with E-state index in [4.69, 9.17) is 4.74 Å². The molecule has 2 saturated heterocycles. The summed E-state index contributed by atoms with van der Waals surface area (Å²) in [6.07, 6.45) is 3.59. The minimum Gasteiger partial charge on any atom is -0.373 e. The van der Waals surface area contributed by atoms with E-state index in [1.807, 2.05) is 24.3 Å². The Morgan fingerprint density at radius 3 is 2.93 bits per heavy atom. The van der Waals surface area contributed by atoms with Crippen LogP contribution < -0.4 is 10.6 Å². The summed E-state index contributed by atoms with van der Waals surface area (Å²) in [7, 11) is 5.32. The Bertz CT molecular complexity index is 697. The molecule has 2 atom stereocenters. The van der Waals surface area contributed by atoms with E-state index in [1.165, 1.54) is 19.4 Å². The van der Waals surface area contributed by atoms with E-state index in [0.717, 1.165) is 49.7 Å². The van der Waals surface area contributed by atoms with Crippen LogP contribution in [0.1, 0.15) is 28.8 Å². The van der Waals surface area contributed by atoms with Gasteiger partial charge in [-0.1, -0.05) is 12.1 Å². The smallest absolute Gasteiger partial charge is 0.253 e. The molecule has 29 heavy (non-hydrogen) atoms. The minimum absolute atomic E-state index is 0. The Morgan fingerprint density at radius 1 is 1.34 bits per heavy atom. The van der Waals surface area contributed by atoms with Gasteiger partial charge in [-0.15, -0.1) is 24.0 Å². The van der Waals surface area contributed by atoms with Gasteiger partial charge in [-0.05, 0) is 43.5 Å². The standard InChI is InChI=1S/C21H33N5O2.HI/c1-22-21(24-13-19-14-26-11-5-8-18(26)15-28-19)23-10-9-16-6-4-7-17(12-16)20(27)25(2)3;/h4,6-7,12,18-19H,5,8-11,13-15H2,1-3H3,(H2,22,23,24);1H. The molecule has 0 aliphatic carbocycles. The molecule has 2 N–H and O–H groups in total. The van der Waals surface area contributed by atoms with Crippen molar-refractivity contribution in [1.82, 2.24) is 20.4 Å². The van der Waals surface area contributed by atoms with Crippen molar-refractivity contribution in [3.05, 3.63) is 35.4 Å². The maximum Gasteiger partial charge on any atom is 0.253 e. The number of carbonyl (C=O) groups excluding carboxylic acids is 1. The first-order valence-corrected chi connectivity index (χ1v) is 10.2. The number of amides is 1. The second-order valence-corrected chi connectivity index (χ2v) is 7.78. The van der Waals surface area contributed by atoms with Gasteiger partial charge in [-0.3, -0.25) is 14.7 Å². The first-order chi connectivity index (χ1) is 13.6.